The molecule has 0 saturated heterocycles. The van der Waals surface area contributed by atoms with Crippen LogP contribution >= 0.6 is 0 Å². The largest absolute Gasteiger partial charge is 0.462 e. The summed E-state index contributed by atoms with van der Waals surface area (Å²) in [5.41, 5.74) is 0. The van der Waals surface area contributed by atoms with E-state index in [1.54, 1.807) is 0 Å². The standard InChI is InChI=1S/C77H144O6/c1-4-7-10-13-16-19-22-25-27-29-31-33-35-36-37-38-39-40-42-43-45-47-49-52-55-58-61-64-67-70-76(79)82-73-74(72-81-75(78)69-66-63-60-57-54-51-24-21-18-15-12-9-6-3)83-77(80)71-68-65-62-59-56-53-50-48-46-44-41-34-32-30-28-26-23-20-17-14-11-8-5-2/h21,23-24,26,30,32,74H,4-20,22,25,27-29,31,33-73H2,1-3H3/b24-21-,26-23-,32-30-. The highest BCUT2D eigenvalue weighted by molar-refractivity contribution is 5.71. The van der Waals surface area contributed by atoms with Gasteiger partial charge in [-0.05, 0) is 77.0 Å². The van der Waals surface area contributed by atoms with E-state index in [1.165, 1.54) is 308 Å². The van der Waals surface area contributed by atoms with Crippen molar-refractivity contribution in [3.63, 3.8) is 0 Å². The van der Waals surface area contributed by atoms with Crippen molar-refractivity contribution in [2.75, 3.05) is 13.2 Å². The van der Waals surface area contributed by atoms with Gasteiger partial charge in [0.05, 0.1) is 0 Å². The molecule has 0 aliphatic heterocycles. The zero-order valence-electron chi connectivity index (χ0n) is 56.2. The molecule has 0 saturated carbocycles. The van der Waals surface area contributed by atoms with Crippen LogP contribution in [0.25, 0.3) is 0 Å². The van der Waals surface area contributed by atoms with Crippen LogP contribution in [0.1, 0.15) is 419 Å². The summed E-state index contributed by atoms with van der Waals surface area (Å²) < 4.78 is 17.0. The van der Waals surface area contributed by atoms with Crippen LogP contribution in [-0.2, 0) is 28.6 Å². The lowest BCUT2D eigenvalue weighted by molar-refractivity contribution is -0.167. The van der Waals surface area contributed by atoms with Gasteiger partial charge in [0, 0.05) is 19.3 Å². The number of carbonyl (C=O) groups is 3. The van der Waals surface area contributed by atoms with Gasteiger partial charge in [-0.15, -0.1) is 0 Å². The van der Waals surface area contributed by atoms with Crippen LogP contribution in [0.4, 0.5) is 0 Å². The number of ether oxygens (including phenoxy) is 3. The van der Waals surface area contributed by atoms with Gasteiger partial charge >= 0.3 is 17.9 Å². The van der Waals surface area contributed by atoms with E-state index in [4.69, 9.17) is 14.2 Å². The maximum atomic E-state index is 13.0. The van der Waals surface area contributed by atoms with Gasteiger partial charge in [-0.2, -0.15) is 0 Å². The smallest absolute Gasteiger partial charge is 0.306 e. The fraction of sp³-hybridized carbons (Fsp3) is 0.883. The second-order valence-electron chi connectivity index (χ2n) is 25.6. The average molecular weight is 1170 g/mol. The van der Waals surface area contributed by atoms with Crippen molar-refractivity contribution in [1.82, 2.24) is 0 Å². The molecule has 0 spiro atoms. The number of esters is 3. The molecule has 0 aromatic rings. The maximum absolute atomic E-state index is 13.0. The third-order valence-electron chi connectivity index (χ3n) is 17.1. The first-order valence-electron chi connectivity index (χ1n) is 37.5. The normalized spacial score (nSPS) is 12.2. The van der Waals surface area contributed by atoms with Crippen LogP contribution in [0, 0.1) is 0 Å². The summed E-state index contributed by atoms with van der Waals surface area (Å²) >= 11 is 0. The van der Waals surface area contributed by atoms with Crippen LogP contribution in [0.5, 0.6) is 0 Å². The van der Waals surface area contributed by atoms with Crippen LogP contribution in [0.15, 0.2) is 36.5 Å². The van der Waals surface area contributed by atoms with E-state index in [0.29, 0.717) is 19.3 Å². The monoisotopic (exact) mass is 1170 g/mol. The van der Waals surface area contributed by atoms with E-state index < -0.39 is 6.10 Å². The molecule has 6 nitrogen and oxygen atoms in total. The molecule has 6 heteroatoms. The molecule has 0 aliphatic rings. The maximum Gasteiger partial charge on any atom is 0.306 e. The average Bonchev–Trinajstić information content (AvgIpc) is 3.49. The molecule has 0 amide bonds. The van der Waals surface area contributed by atoms with E-state index in [-0.39, 0.29) is 31.1 Å². The van der Waals surface area contributed by atoms with Crippen molar-refractivity contribution in [1.29, 1.82) is 0 Å². The second kappa shape index (κ2) is 72.1. The summed E-state index contributed by atoms with van der Waals surface area (Å²) in [6.45, 7) is 6.69. The molecular formula is C77H144O6. The van der Waals surface area contributed by atoms with E-state index in [1.807, 2.05) is 0 Å². The van der Waals surface area contributed by atoms with Gasteiger partial charge < -0.3 is 14.2 Å². The molecule has 1 unspecified atom stereocenters. The fourth-order valence-corrected chi connectivity index (χ4v) is 11.5. The van der Waals surface area contributed by atoms with Gasteiger partial charge in [0.1, 0.15) is 13.2 Å². The first kappa shape index (κ1) is 80.6. The number of carbonyl (C=O) groups excluding carboxylic acids is 3. The van der Waals surface area contributed by atoms with Crippen molar-refractivity contribution in [3.8, 4) is 0 Å². The zero-order chi connectivity index (χ0) is 59.9. The van der Waals surface area contributed by atoms with Crippen molar-refractivity contribution in [3.05, 3.63) is 36.5 Å². The molecule has 488 valence electrons. The van der Waals surface area contributed by atoms with Crippen molar-refractivity contribution >= 4 is 17.9 Å². The second-order valence-corrected chi connectivity index (χ2v) is 25.6. The van der Waals surface area contributed by atoms with Gasteiger partial charge in [0.2, 0.25) is 0 Å². The lowest BCUT2D eigenvalue weighted by Gasteiger charge is -2.18. The van der Waals surface area contributed by atoms with Gasteiger partial charge in [-0.1, -0.05) is 359 Å². The number of allylic oxidation sites excluding steroid dienone is 6. The summed E-state index contributed by atoms with van der Waals surface area (Å²) in [6, 6.07) is 0. The van der Waals surface area contributed by atoms with Crippen molar-refractivity contribution < 1.29 is 28.6 Å². The van der Waals surface area contributed by atoms with Gasteiger partial charge in [0.15, 0.2) is 6.10 Å². The molecule has 1 atom stereocenters. The molecule has 0 bridgehead atoms. The lowest BCUT2D eigenvalue weighted by Crippen LogP contribution is -2.30. The molecule has 0 rings (SSSR count). The lowest BCUT2D eigenvalue weighted by atomic mass is 10.0. The minimum Gasteiger partial charge on any atom is -0.462 e. The van der Waals surface area contributed by atoms with Gasteiger partial charge in [-0.25, -0.2) is 0 Å². The summed E-state index contributed by atoms with van der Waals surface area (Å²) in [5.74, 6) is -0.852. The Morgan fingerprint density at radius 2 is 0.434 bits per heavy atom. The van der Waals surface area contributed by atoms with Crippen LogP contribution in [0.2, 0.25) is 0 Å². The first-order chi connectivity index (χ1) is 41.0. The summed E-state index contributed by atoms with van der Waals surface area (Å²) in [7, 11) is 0. The molecule has 0 fully saturated rings. The highest BCUT2D eigenvalue weighted by Crippen LogP contribution is 2.19. The molecule has 0 radical (unpaired) electrons. The minimum atomic E-state index is -0.776. The Hall–Kier alpha value is -2.37. The topological polar surface area (TPSA) is 78.9 Å². The third-order valence-corrected chi connectivity index (χ3v) is 17.1. The fourth-order valence-electron chi connectivity index (χ4n) is 11.5. The van der Waals surface area contributed by atoms with Crippen LogP contribution in [0.3, 0.4) is 0 Å². The predicted octanol–water partition coefficient (Wildman–Crippen LogP) is 25.9. The molecule has 0 aliphatic carbocycles. The van der Waals surface area contributed by atoms with E-state index in [0.717, 1.165) is 70.6 Å². The summed E-state index contributed by atoms with van der Waals surface area (Å²) in [5, 5.41) is 0. The number of rotatable bonds is 70. The molecule has 0 N–H and O–H groups in total. The highest BCUT2D eigenvalue weighted by atomic mass is 16.6. The predicted molar refractivity (Wildman–Crippen MR) is 362 cm³/mol. The molecular weight excluding hydrogens is 1020 g/mol. The van der Waals surface area contributed by atoms with Crippen molar-refractivity contribution in [2.24, 2.45) is 0 Å². The van der Waals surface area contributed by atoms with E-state index >= 15 is 0 Å². The third kappa shape index (κ3) is 70.3. The highest BCUT2D eigenvalue weighted by Gasteiger charge is 2.20. The van der Waals surface area contributed by atoms with E-state index in [2.05, 4.69) is 57.2 Å². The van der Waals surface area contributed by atoms with E-state index in [9.17, 15) is 14.4 Å². The van der Waals surface area contributed by atoms with Crippen LogP contribution < -0.4 is 0 Å². The Morgan fingerprint density at radius 1 is 0.241 bits per heavy atom. The molecule has 0 aromatic carbocycles. The first-order valence-corrected chi connectivity index (χ1v) is 37.5. The quantitative estimate of drug-likeness (QED) is 0.0261. The Kier molecular flexibility index (Phi) is 70.0. The SMILES string of the molecule is CCCCCC/C=C\CCCCCCCC(=O)OCC(COC(=O)CCCCCCCCCCCCCCCCCCCCCCCCCCCCCCC)OC(=O)CCCCCCCCCCCCC/C=C\C/C=C\CCCCCCC. The number of hydrogen-bond acceptors (Lipinski definition) is 6. The Bertz CT molecular complexity index is 1380. The van der Waals surface area contributed by atoms with Gasteiger partial charge in [-0.3, -0.25) is 14.4 Å². The molecule has 0 heterocycles. The molecule has 0 aromatic heterocycles. The van der Waals surface area contributed by atoms with Gasteiger partial charge in [0.25, 0.3) is 0 Å². The van der Waals surface area contributed by atoms with Crippen molar-refractivity contribution in [2.45, 2.75) is 425 Å². The minimum absolute atomic E-state index is 0.0706. The Labute approximate surface area is 518 Å². The summed E-state index contributed by atoms with van der Waals surface area (Å²) in [6.07, 6.45) is 90.5. The number of hydrogen-bond donors (Lipinski definition) is 0. The number of unbranched alkanes of at least 4 members (excludes halogenated alkanes) is 53. The Morgan fingerprint density at radius 3 is 0.687 bits per heavy atom. The summed E-state index contributed by atoms with van der Waals surface area (Å²) in [4.78, 5) is 38.5. The Balaban J connectivity index is 4.18. The zero-order valence-corrected chi connectivity index (χ0v) is 56.2. The molecule has 83 heavy (non-hydrogen) atoms. The van der Waals surface area contributed by atoms with Crippen LogP contribution in [-0.4, -0.2) is 37.2 Å².